The molecule has 0 aliphatic carbocycles. The summed E-state index contributed by atoms with van der Waals surface area (Å²) in [6.07, 6.45) is -1.27. The van der Waals surface area contributed by atoms with Gasteiger partial charge in [0.05, 0.1) is 0 Å². The largest absolute Gasteiger partial charge is 0.573 e. The van der Waals surface area contributed by atoms with Crippen molar-refractivity contribution in [3.8, 4) is 5.75 Å². The molecule has 7 heteroatoms. The Kier molecular flexibility index (Phi) is 6.71. The van der Waals surface area contributed by atoms with Crippen LogP contribution in [0.3, 0.4) is 0 Å². The number of aryl methyl sites for hydroxylation is 1. The third kappa shape index (κ3) is 5.69. The van der Waals surface area contributed by atoms with Crippen LogP contribution in [0, 0.1) is 12.8 Å². The molecule has 1 saturated heterocycles. The number of carbonyl (C=O) groups excluding carboxylic acids is 1. The molecule has 1 fully saturated rings. The Morgan fingerprint density at radius 3 is 2.33 bits per heavy atom. The smallest absolute Gasteiger partial charge is 0.406 e. The number of carbonyl (C=O) groups is 1. The molecule has 0 N–H and O–H groups in total. The van der Waals surface area contributed by atoms with Crippen molar-refractivity contribution >= 4 is 5.91 Å². The van der Waals surface area contributed by atoms with Gasteiger partial charge in [-0.3, -0.25) is 4.79 Å². The van der Waals surface area contributed by atoms with Crippen LogP contribution < -0.4 is 4.74 Å². The van der Waals surface area contributed by atoms with Crippen LogP contribution >= 0.6 is 0 Å². The summed E-state index contributed by atoms with van der Waals surface area (Å²) in [6, 6.07) is 10.6. The molecule has 178 valence electrons. The monoisotopic (exact) mass is 460 g/mol. The van der Waals surface area contributed by atoms with Gasteiger partial charge in [0, 0.05) is 24.7 Å². The number of alkyl halides is 3. The van der Waals surface area contributed by atoms with Crippen LogP contribution in [0.15, 0.2) is 36.4 Å². The Morgan fingerprint density at radius 2 is 1.73 bits per heavy atom. The molecule has 0 saturated carbocycles. The van der Waals surface area contributed by atoms with E-state index in [0.717, 1.165) is 41.8 Å². The third-order valence-electron chi connectivity index (χ3n) is 6.77. The first kappa shape index (κ1) is 23.6. The fraction of sp³-hybridized carbons (Fsp3) is 0.500. The van der Waals surface area contributed by atoms with E-state index in [2.05, 4.69) is 35.6 Å². The van der Waals surface area contributed by atoms with E-state index in [9.17, 15) is 18.0 Å². The van der Waals surface area contributed by atoms with Crippen LogP contribution in [0.25, 0.3) is 0 Å². The van der Waals surface area contributed by atoms with Gasteiger partial charge in [-0.05, 0) is 93.4 Å². The molecule has 4 rings (SSSR count). The van der Waals surface area contributed by atoms with Crippen LogP contribution in [0.2, 0.25) is 0 Å². The first-order valence-corrected chi connectivity index (χ1v) is 11.6. The number of hydrogen-bond donors (Lipinski definition) is 0. The zero-order chi connectivity index (χ0) is 23.8. The van der Waals surface area contributed by atoms with Gasteiger partial charge in [-0.2, -0.15) is 0 Å². The summed E-state index contributed by atoms with van der Waals surface area (Å²) >= 11 is 0. The number of likely N-dealkylation sites (tertiary alicyclic amines) is 1. The molecule has 33 heavy (non-hydrogen) atoms. The number of piperidine rings is 1. The van der Waals surface area contributed by atoms with Crippen molar-refractivity contribution in [1.82, 2.24) is 9.80 Å². The van der Waals surface area contributed by atoms with Crippen molar-refractivity contribution < 1.29 is 22.7 Å². The lowest BCUT2D eigenvalue weighted by Crippen LogP contribution is -2.38. The number of benzene rings is 2. The second kappa shape index (κ2) is 9.37. The second-order valence-corrected chi connectivity index (χ2v) is 9.58. The summed E-state index contributed by atoms with van der Waals surface area (Å²) in [7, 11) is 0. The van der Waals surface area contributed by atoms with Gasteiger partial charge in [0.15, 0.2) is 0 Å². The molecule has 1 amide bonds. The average molecular weight is 461 g/mol. The summed E-state index contributed by atoms with van der Waals surface area (Å²) < 4.78 is 41.0. The molecule has 0 radical (unpaired) electrons. The lowest BCUT2D eigenvalue weighted by Gasteiger charge is -2.34. The third-order valence-corrected chi connectivity index (χ3v) is 6.77. The summed E-state index contributed by atoms with van der Waals surface area (Å²) in [5, 5.41) is 0. The van der Waals surface area contributed by atoms with Crippen molar-refractivity contribution in [3.63, 3.8) is 0 Å². The Morgan fingerprint density at radius 1 is 1.06 bits per heavy atom. The second-order valence-electron chi connectivity index (χ2n) is 9.58. The van der Waals surface area contributed by atoms with Crippen molar-refractivity contribution in [2.45, 2.75) is 65.5 Å². The van der Waals surface area contributed by atoms with Gasteiger partial charge >= 0.3 is 6.36 Å². The number of halogens is 3. The van der Waals surface area contributed by atoms with E-state index in [1.165, 1.54) is 30.5 Å². The minimum atomic E-state index is -4.71. The van der Waals surface area contributed by atoms with E-state index < -0.39 is 6.36 Å². The molecule has 0 spiro atoms. The maximum Gasteiger partial charge on any atom is 0.573 e. The highest BCUT2D eigenvalue weighted by Gasteiger charge is 2.32. The van der Waals surface area contributed by atoms with Crippen molar-refractivity contribution in [3.05, 3.63) is 64.2 Å². The normalized spacial score (nSPS) is 17.7. The topological polar surface area (TPSA) is 32.8 Å². The molecule has 2 aliphatic heterocycles. The average Bonchev–Trinajstić information content (AvgIpc) is 3.04. The van der Waals surface area contributed by atoms with Gasteiger partial charge in [-0.1, -0.05) is 24.3 Å². The Hall–Kier alpha value is -2.54. The SMILES string of the molecule is Cc1cc(CC2CCN(C(C)C)CC2)cc2c1C(=O)N(Cc1ccc(OC(F)(F)F)cc1)C2. The molecule has 2 heterocycles. The first-order valence-electron chi connectivity index (χ1n) is 11.6. The van der Waals surface area contributed by atoms with Gasteiger partial charge in [0.1, 0.15) is 5.75 Å². The van der Waals surface area contributed by atoms with Gasteiger partial charge in [-0.25, -0.2) is 0 Å². The lowest BCUT2D eigenvalue weighted by atomic mass is 9.88. The van der Waals surface area contributed by atoms with Gasteiger partial charge < -0.3 is 14.5 Å². The molecule has 0 atom stereocenters. The van der Waals surface area contributed by atoms with E-state index >= 15 is 0 Å². The van der Waals surface area contributed by atoms with Crippen molar-refractivity contribution in [2.75, 3.05) is 13.1 Å². The van der Waals surface area contributed by atoms with Crippen LogP contribution in [0.4, 0.5) is 13.2 Å². The number of nitrogens with zero attached hydrogens (tertiary/aromatic N) is 2. The van der Waals surface area contributed by atoms with Crippen LogP contribution in [-0.2, 0) is 19.5 Å². The highest BCUT2D eigenvalue weighted by Crippen LogP contribution is 2.31. The summed E-state index contributed by atoms with van der Waals surface area (Å²) in [5.41, 5.74) is 4.87. The minimum Gasteiger partial charge on any atom is -0.406 e. The zero-order valence-corrected chi connectivity index (χ0v) is 19.4. The number of fused-ring (bicyclic) bond motifs is 1. The molecule has 0 unspecified atom stereocenters. The molecular weight excluding hydrogens is 429 g/mol. The highest BCUT2D eigenvalue weighted by atomic mass is 19.4. The maximum atomic E-state index is 13.0. The molecule has 2 aromatic carbocycles. The number of hydrogen-bond acceptors (Lipinski definition) is 3. The molecule has 0 bridgehead atoms. The number of rotatable bonds is 6. The first-order chi connectivity index (χ1) is 15.6. The van der Waals surface area contributed by atoms with E-state index in [1.54, 1.807) is 17.0 Å². The molecule has 0 aromatic heterocycles. The van der Waals surface area contributed by atoms with Gasteiger partial charge in [-0.15, -0.1) is 13.2 Å². The maximum absolute atomic E-state index is 13.0. The fourth-order valence-electron chi connectivity index (χ4n) is 5.08. The number of amides is 1. The van der Waals surface area contributed by atoms with Gasteiger partial charge in [0.25, 0.3) is 5.91 Å². The van der Waals surface area contributed by atoms with E-state index in [0.29, 0.717) is 25.0 Å². The molecule has 2 aromatic rings. The summed E-state index contributed by atoms with van der Waals surface area (Å²) in [6.45, 7) is 9.65. The molecular formula is C26H31F3N2O2. The zero-order valence-electron chi connectivity index (χ0n) is 19.4. The summed E-state index contributed by atoms with van der Waals surface area (Å²) in [5.74, 6) is 0.389. The minimum absolute atomic E-state index is 0.0186. The van der Waals surface area contributed by atoms with E-state index in [1.807, 2.05) is 6.92 Å². The van der Waals surface area contributed by atoms with Crippen LogP contribution in [0.1, 0.15) is 59.3 Å². The van der Waals surface area contributed by atoms with E-state index in [4.69, 9.17) is 0 Å². The van der Waals surface area contributed by atoms with Crippen molar-refractivity contribution in [2.24, 2.45) is 5.92 Å². The summed E-state index contributed by atoms with van der Waals surface area (Å²) in [4.78, 5) is 17.3. The van der Waals surface area contributed by atoms with Crippen molar-refractivity contribution in [1.29, 1.82) is 0 Å². The Balaban J connectivity index is 1.40. The Labute approximate surface area is 193 Å². The predicted octanol–water partition coefficient (Wildman–Crippen LogP) is 5.71. The lowest BCUT2D eigenvalue weighted by molar-refractivity contribution is -0.274. The molecule has 4 nitrogen and oxygen atoms in total. The molecule has 2 aliphatic rings. The quantitative estimate of drug-likeness (QED) is 0.553. The predicted molar refractivity (Wildman–Crippen MR) is 121 cm³/mol. The standard InChI is InChI=1S/C26H31F3N2O2/c1-17(2)30-10-8-19(9-11-30)13-21-12-18(3)24-22(14-21)16-31(25(24)32)15-20-4-6-23(7-5-20)33-26(27,28)29/h4-7,12,14,17,19H,8-11,13,15-16H2,1-3H3. The van der Waals surface area contributed by atoms with E-state index in [-0.39, 0.29) is 11.7 Å². The Bertz CT molecular complexity index is 994. The fourth-order valence-corrected chi connectivity index (χ4v) is 5.08. The number of ether oxygens (including phenoxy) is 1. The van der Waals surface area contributed by atoms with Crippen LogP contribution in [-0.4, -0.2) is 41.2 Å². The van der Waals surface area contributed by atoms with Crippen LogP contribution in [0.5, 0.6) is 5.75 Å². The highest BCUT2D eigenvalue weighted by molar-refractivity contribution is 5.99. The van der Waals surface area contributed by atoms with Gasteiger partial charge in [0.2, 0.25) is 0 Å².